The van der Waals surface area contributed by atoms with Gasteiger partial charge in [0.25, 0.3) is 0 Å². The molecule has 6 nitrogen and oxygen atoms in total. The van der Waals surface area contributed by atoms with Crippen molar-refractivity contribution >= 4 is 5.97 Å². The van der Waals surface area contributed by atoms with Crippen LogP contribution in [0.1, 0.15) is 19.2 Å². The van der Waals surface area contributed by atoms with Gasteiger partial charge >= 0.3 is 5.97 Å². The van der Waals surface area contributed by atoms with Gasteiger partial charge in [0.1, 0.15) is 0 Å². The van der Waals surface area contributed by atoms with Crippen molar-refractivity contribution in [1.29, 1.82) is 0 Å². The standard InChI is InChI=1S/C7H12N4O2/c1-5(7(12)13)3-4-6-8-10-11(2)9-6/h5H,3-4H2,1-2H3,(H,12,13). The molecule has 0 bridgehead atoms. The highest BCUT2D eigenvalue weighted by molar-refractivity contribution is 5.69. The van der Waals surface area contributed by atoms with E-state index in [9.17, 15) is 4.79 Å². The molecule has 1 rings (SSSR count). The van der Waals surface area contributed by atoms with Crippen LogP contribution in [0.4, 0.5) is 0 Å². The summed E-state index contributed by atoms with van der Waals surface area (Å²) < 4.78 is 0. The number of aliphatic carboxylic acids is 1. The molecule has 1 N–H and O–H groups in total. The maximum absolute atomic E-state index is 10.5. The monoisotopic (exact) mass is 184 g/mol. The normalized spacial score (nSPS) is 12.8. The fraction of sp³-hybridized carbons (Fsp3) is 0.714. The average molecular weight is 184 g/mol. The van der Waals surface area contributed by atoms with Crippen molar-refractivity contribution in [3.8, 4) is 0 Å². The van der Waals surface area contributed by atoms with E-state index in [1.54, 1.807) is 14.0 Å². The number of carboxylic acid groups (broad SMARTS) is 1. The third kappa shape index (κ3) is 2.81. The van der Waals surface area contributed by atoms with E-state index in [1.165, 1.54) is 4.80 Å². The van der Waals surface area contributed by atoms with Gasteiger partial charge in [-0.25, -0.2) is 0 Å². The quantitative estimate of drug-likeness (QED) is 0.704. The summed E-state index contributed by atoms with van der Waals surface area (Å²) in [4.78, 5) is 11.8. The van der Waals surface area contributed by atoms with Gasteiger partial charge in [-0.05, 0) is 11.6 Å². The van der Waals surface area contributed by atoms with Crippen molar-refractivity contribution in [2.45, 2.75) is 19.8 Å². The molecule has 0 aliphatic heterocycles. The largest absolute Gasteiger partial charge is 0.481 e. The zero-order valence-corrected chi connectivity index (χ0v) is 7.64. The first-order valence-corrected chi connectivity index (χ1v) is 4.05. The lowest BCUT2D eigenvalue weighted by Crippen LogP contribution is -2.10. The van der Waals surface area contributed by atoms with Crippen LogP contribution in [0.2, 0.25) is 0 Å². The molecule has 1 atom stereocenters. The Kier molecular flexibility index (Phi) is 2.94. The number of carbonyl (C=O) groups is 1. The Labute approximate surface area is 75.6 Å². The minimum atomic E-state index is -0.788. The Bertz CT molecular complexity index is 296. The van der Waals surface area contributed by atoms with Crippen LogP contribution in [0.3, 0.4) is 0 Å². The predicted octanol–water partition coefficient (Wildman–Crippen LogP) is -0.137. The second-order valence-corrected chi connectivity index (χ2v) is 2.97. The third-order valence-electron chi connectivity index (χ3n) is 1.77. The molecule has 72 valence electrons. The molecule has 1 aromatic rings. The van der Waals surface area contributed by atoms with Gasteiger partial charge in [-0.3, -0.25) is 4.79 Å². The Morgan fingerprint density at radius 2 is 2.38 bits per heavy atom. The van der Waals surface area contributed by atoms with Crippen LogP contribution in [0.25, 0.3) is 0 Å². The summed E-state index contributed by atoms with van der Waals surface area (Å²) in [7, 11) is 1.68. The minimum absolute atomic E-state index is 0.358. The van der Waals surface area contributed by atoms with Crippen LogP contribution >= 0.6 is 0 Å². The van der Waals surface area contributed by atoms with Gasteiger partial charge in [-0.15, -0.1) is 10.2 Å². The summed E-state index contributed by atoms with van der Waals surface area (Å²) in [6.07, 6.45) is 1.10. The molecule has 0 saturated carbocycles. The van der Waals surface area contributed by atoms with Gasteiger partial charge in [0, 0.05) is 6.42 Å². The number of aryl methyl sites for hydroxylation is 2. The highest BCUT2D eigenvalue weighted by Gasteiger charge is 2.11. The van der Waals surface area contributed by atoms with Gasteiger partial charge in [-0.2, -0.15) is 4.80 Å². The fourth-order valence-corrected chi connectivity index (χ4v) is 0.892. The Hall–Kier alpha value is -1.46. The van der Waals surface area contributed by atoms with Crippen molar-refractivity contribution in [1.82, 2.24) is 20.2 Å². The lowest BCUT2D eigenvalue weighted by Gasteiger charge is -2.01. The van der Waals surface area contributed by atoms with Crippen molar-refractivity contribution in [2.75, 3.05) is 0 Å². The van der Waals surface area contributed by atoms with E-state index < -0.39 is 5.97 Å². The first kappa shape index (κ1) is 9.63. The summed E-state index contributed by atoms with van der Waals surface area (Å²) in [6.45, 7) is 1.67. The van der Waals surface area contributed by atoms with E-state index in [1.807, 2.05) is 0 Å². The number of hydrogen-bond acceptors (Lipinski definition) is 4. The van der Waals surface area contributed by atoms with Crippen LogP contribution in [0.15, 0.2) is 0 Å². The molecule has 6 heteroatoms. The SMILES string of the molecule is CC(CCc1nnn(C)n1)C(=O)O. The average Bonchev–Trinajstić information content (AvgIpc) is 2.47. The van der Waals surface area contributed by atoms with Gasteiger partial charge < -0.3 is 5.11 Å². The van der Waals surface area contributed by atoms with E-state index in [0.717, 1.165) is 0 Å². The van der Waals surface area contributed by atoms with Crippen LogP contribution < -0.4 is 0 Å². The molecule has 0 spiro atoms. The Balaban J connectivity index is 2.39. The molecule has 1 heterocycles. The predicted molar refractivity (Wildman–Crippen MR) is 43.9 cm³/mol. The molecule has 0 fully saturated rings. The van der Waals surface area contributed by atoms with E-state index in [0.29, 0.717) is 18.7 Å². The number of nitrogens with zero attached hydrogens (tertiary/aromatic N) is 4. The topological polar surface area (TPSA) is 80.9 Å². The maximum Gasteiger partial charge on any atom is 0.306 e. The van der Waals surface area contributed by atoms with E-state index >= 15 is 0 Å². The first-order valence-electron chi connectivity index (χ1n) is 4.05. The minimum Gasteiger partial charge on any atom is -0.481 e. The lowest BCUT2D eigenvalue weighted by atomic mass is 10.1. The Morgan fingerprint density at radius 1 is 1.69 bits per heavy atom. The summed E-state index contributed by atoms with van der Waals surface area (Å²) in [5.41, 5.74) is 0. The fourth-order valence-electron chi connectivity index (χ4n) is 0.892. The van der Waals surface area contributed by atoms with Crippen LogP contribution in [-0.4, -0.2) is 31.3 Å². The summed E-state index contributed by atoms with van der Waals surface area (Å²) >= 11 is 0. The van der Waals surface area contributed by atoms with Crippen LogP contribution in [-0.2, 0) is 18.3 Å². The summed E-state index contributed by atoms with van der Waals surface area (Å²) in [6, 6.07) is 0. The van der Waals surface area contributed by atoms with Crippen LogP contribution in [0.5, 0.6) is 0 Å². The van der Waals surface area contributed by atoms with Gasteiger partial charge in [0.15, 0.2) is 5.82 Å². The second-order valence-electron chi connectivity index (χ2n) is 2.97. The molecule has 13 heavy (non-hydrogen) atoms. The van der Waals surface area contributed by atoms with Gasteiger partial charge in [-0.1, -0.05) is 6.92 Å². The molecule has 0 aromatic carbocycles. The zero-order chi connectivity index (χ0) is 9.84. The molecule has 1 aromatic heterocycles. The number of rotatable bonds is 4. The molecule has 0 saturated heterocycles. The summed E-state index contributed by atoms with van der Waals surface area (Å²) in [5.74, 6) is -0.553. The molecular weight excluding hydrogens is 172 g/mol. The summed E-state index contributed by atoms with van der Waals surface area (Å²) in [5, 5.41) is 20.0. The zero-order valence-electron chi connectivity index (χ0n) is 7.64. The highest BCUT2D eigenvalue weighted by Crippen LogP contribution is 2.05. The second kappa shape index (κ2) is 3.97. The van der Waals surface area contributed by atoms with E-state index in [2.05, 4.69) is 15.4 Å². The van der Waals surface area contributed by atoms with Crippen LogP contribution in [0, 0.1) is 5.92 Å². The number of tetrazole rings is 1. The van der Waals surface area contributed by atoms with Crippen molar-refractivity contribution in [3.63, 3.8) is 0 Å². The lowest BCUT2D eigenvalue weighted by molar-refractivity contribution is -0.141. The van der Waals surface area contributed by atoms with Crippen molar-refractivity contribution < 1.29 is 9.90 Å². The highest BCUT2D eigenvalue weighted by atomic mass is 16.4. The molecule has 0 radical (unpaired) electrons. The first-order chi connectivity index (χ1) is 6.09. The van der Waals surface area contributed by atoms with E-state index in [-0.39, 0.29) is 5.92 Å². The Morgan fingerprint density at radius 3 is 2.85 bits per heavy atom. The van der Waals surface area contributed by atoms with E-state index in [4.69, 9.17) is 5.11 Å². The maximum atomic E-state index is 10.5. The smallest absolute Gasteiger partial charge is 0.306 e. The van der Waals surface area contributed by atoms with Gasteiger partial charge in [0.05, 0.1) is 13.0 Å². The third-order valence-corrected chi connectivity index (χ3v) is 1.77. The van der Waals surface area contributed by atoms with Gasteiger partial charge in [0.2, 0.25) is 0 Å². The molecule has 1 unspecified atom stereocenters. The number of aromatic nitrogens is 4. The van der Waals surface area contributed by atoms with Crippen molar-refractivity contribution in [3.05, 3.63) is 5.82 Å². The molecular formula is C7H12N4O2. The molecule has 0 amide bonds. The number of hydrogen-bond donors (Lipinski definition) is 1. The number of carboxylic acids is 1. The molecule has 0 aliphatic rings. The van der Waals surface area contributed by atoms with Crippen molar-refractivity contribution in [2.24, 2.45) is 13.0 Å². The molecule has 0 aliphatic carbocycles.